The van der Waals surface area contributed by atoms with Crippen molar-refractivity contribution in [3.63, 3.8) is 0 Å². The Hall–Kier alpha value is -5.45. The molecule has 0 aromatic rings. The highest BCUT2D eigenvalue weighted by Gasteiger charge is 2.28. The van der Waals surface area contributed by atoms with Crippen molar-refractivity contribution in [1.82, 2.24) is 5.32 Å². The number of carbonyl (C=O) groups excluding carboxylic acids is 1. The Labute approximate surface area is 500 Å². The Morgan fingerprint density at radius 2 is 0.976 bits per heavy atom. The lowest BCUT2D eigenvalue weighted by Crippen LogP contribution is -2.35. The summed E-state index contributed by atoms with van der Waals surface area (Å²) >= 11 is 0. The molecule has 474 valence electrons. The van der Waals surface area contributed by atoms with E-state index in [9.17, 15) is 70.9 Å². The van der Waals surface area contributed by atoms with E-state index in [1.54, 1.807) is 92.0 Å². The van der Waals surface area contributed by atoms with Gasteiger partial charge in [0.25, 0.3) is 0 Å². The van der Waals surface area contributed by atoms with Crippen LogP contribution < -0.4 is 11.1 Å². The van der Waals surface area contributed by atoms with E-state index < -0.39 is 96.8 Å². The maximum absolute atomic E-state index is 12.8. The van der Waals surface area contributed by atoms with Crippen LogP contribution in [0.25, 0.3) is 0 Å². The van der Waals surface area contributed by atoms with E-state index in [-0.39, 0.29) is 68.3 Å². The molecule has 0 amide bonds. The summed E-state index contributed by atoms with van der Waals surface area (Å²) in [5.41, 5.74) is 6.15. The van der Waals surface area contributed by atoms with Gasteiger partial charge < -0.3 is 77.4 Å². The average Bonchev–Trinajstić information content (AvgIpc) is 3.44. The molecular weight excluding hydrogens is 1070 g/mol. The van der Waals surface area contributed by atoms with Gasteiger partial charge in [-0.15, -0.1) is 0 Å². The first-order valence-electron chi connectivity index (χ1n) is 29.3. The van der Waals surface area contributed by atoms with Crippen LogP contribution in [0.15, 0.2) is 162 Å². The average molecular weight is 1180 g/mol. The number of rotatable bonds is 44. The molecule has 0 saturated heterocycles. The van der Waals surface area contributed by atoms with Crippen LogP contribution in [0.2, 0.25) is 0 Å². The number of carbonyl (C=O) groups is 2. The third-order valence-corrected chi connectivity index (χ3v) is 13.1. The number of carboxylic acids is 1. The Kier molecular flexibility index (Phi) is 43.8. The molecule has 15 unspecified atom stereocenters. The number of aliphatic hydroxyl groups is 12. The number of allylic oxidation sites excluding steroid dienone is 16. The van der Waals surface area contributed by atoms with Gasteiger partial charge in [-0.1, -0.05) is 193 Å². The number of aliphatic carboxylic acids is 1. The van der Waals surface area contributed by atoms with Gasteiger partial charge in [-0.05, 0) is 70.1 Å². The fourth-order valence-corrected chi connectivity index (χ4v) is 7.87. The highest BCUT2D eigenvalue weighted by molar-refractivity contribution is 5.86. The SMILES string of the molecule is C\C(=C/C=C/C=C/CC/C=C/C(C)C(O)C(C)C(O)/C=C/C=C/C=C/C=C/C=C/C=C\C(O)C(C)C(=O)C(O)CC(O)/C=C/CC(O)CC(O)CC(O)/C=C/CC(O)CC(O)/C=C/CC(O)CC(O)CCCNC(N)=NCC(C)(C)C)C(=O)O. The highest BCUT2D eigenvalue weighted by Crippen LogP contribution is 2.20. The maximum atomic E-state index is 12.8. The molecule has 0 aromatic heterocycles. The van der Waals surface area contributed by atoms with Crippen LogP contribution in [-0.2, 0) is 9.59 Å². The monoisotopic (exact) mass is 1180 g/mol. The van der Waals surface area contributed by atoms with E-state index in [4.69, 9.17) is 10.8 Å². The van der Waals surface area contributed by atoms with Crippen molar-refractivity contribution in [1.29, 1.82) is 0 Å². The van der Waals surface area contributed by atoms with Crippen molar-refractivity contribution >= 4 is 17.7 Å². The normalized spacial score (nSPS) is 19.3. The number of guanidine groups is 1. The molecular formula is C66H105N3O15. The standard InChI is InChI=1S/C66H105N3O15/c1-47(29-21-17-13-12-14-18-22-30-48(2)64(83)84)62(81)49(3)59(78)38-23-19-15-10-8-9-11-16-20-24-39-60(79)50(4)63(82)61(80)45-57(76)36-27-35-55(74)44-58(77)43-54(73)34-26-33-52(71)41-51(70)31-25-32-53(72)42-56(75)37-28-40-68-65(67)69-46-66(5,6)7/h8-12,14-16,18-27,29-31,34,36,38-39,47,49-62,70-81H,13,17,28,32-33,35,37,40-46H2,1-7H3,(H,83,84)(H3,67,68,69)/b10-8+,11-9+,14-12+,19-15+,20-16+,22-18+,29-21+,31-25+,34-26+,36-27+,38-23+,39-24-,48-30+. The van der Waals surface area contributed by atoms with Crippen LogP contribution >= 0.6 is 0 Å². The van der Waals surface area contributed by atoms with E-state index in [0.717, 1.165) is 12.8 Å². The van der Waals surface area contributed by atoms with Crippen LogP contribution in [0.5, 0.6) is 0 Å². The lowest BCUT2D eigenvalue weighted by atomic mass is 9.88. The van der Waals surface area contributed by atoms with E-state index in [0.29, 0.717) is 31.9 Å². The molecule has 16 N–H and O–H groups in total. The summed E-state index contributed by atoms with van der Waals surface area (Å²) < 4.78 is 0. The van der Waals surface area contributed by atoms with Gasteiger partial charge in [0.1, 0.15) is 6.10 Å². The summed E-state index contributed by atoms with van der Waals surface area (Å²) in [6, 6.07) is 0. The van der Waals surface area contributed by atoms with Gasteiger partial charge in [-0.25, -0.2) is 4.79 Å². The zero-order chi connectivity index (χ0) is 63.5. The van der Waals surface area contributed by atoms with Crippen molar-refractivity contribution in [2.45, 2.75) is 199 Å². The van der Waals surface area contributed by atoms with Crippen LogP contribution in [0.4, 0.5) is 0 Å². The van der Waals surface area contributed by atoms with Crippen LogP contribution in [-0.4, -0.2) is 170 Å². The second-order valence-electron chi connectivity index (χ2n) is 22.7. The summed E-state index contributed by atoms with van der Waals surface area (Å²) in [7, 11) is 0. The molecule has 0 aromatic carbocycles. The number of nitrogens with zero attached hydrogens (tertiary/aromatic N) is 1. The smallest absolute Gasteiger partial charge is 0.331 e. The first kappa shape index (κ1) is 78.5. The molecule has 0 aliphatic carbocycles. The summed E-state index contributed by atoms with van der Waals surface area (Å²) in [4.78, 5) is 27.9. The molecule has 0 fully saturated rings. The number of unbranched alkanes of at least 4 members (excludes halogenated alkanes) is 1. The van der Waals surface area contributed by atoms with Gasteiger partial charge in [0, 0.05) is 55.7 Å². The quantitative estimate of drug-likeness (QED) is 0.00814. The lowest BCUT2D eigenvalue weighted by Gasteiger charge is -2.25. The predicted molar refractivity (Wildman–Crippen MR) is 335 cm³/mol. The van der Waals surface area contributed by atoms with Gasteiger partial charge in [0.05, 0.1) is 67.1 Å². The summed E-state index contributed by atoms with van der Waals surface area (Å²) in [5, 5.41) is 137. The molecule has 0 radical (unpaired) electrons. The molecule has 18 nitrogen and oxygen atoms in total. The number of nitrogens with two attached hydrogens (primary N) is 1. The molecule has 0 bridgehead atoms. The summed E-state index contributed by atoms with van der Waals surface area (Å²) in [6.45, 7) is 14.0. The zero-order valence-electron chi connectivity index (χ0n) is 50.6. The van der Waals surface area contributed by atoms with Gasteiger partial charge in [0.2, 0.25) is 0 Å². The van der Waals surface area contributed by atoms with E-state index in [1.807, 2.05) is 31.2 Å². The molecule has 0 aliphatic rings. The summed E-state index contributed by atoms with van der Waals surface area (Å²) in [5.74, 6) is -2.80. The molecule has 84 heavy (non-hydrogen) atoms. The minimum absolute atomic E-state index is 0.00228. The van der Waals surface area contributed by atoms with E-state index >= 15 is 0 Å². The van der Waals surface area contributed by atoms with Crippen LogP contribution in [0.1, 0.15) is 126 Å². The Bertz CT molecular complexity index is 2240. The number of carboxylic acid groups (broad SMARTS) is 1. The van der Waals surface area contributed by atoms with Gasteiger partial charge >= 0.3 is 5.97 Å². The number of aliphatic imine (C=N–C) groups is 1. The molecule has 0 rings (SSSR count). The maximum Gasteiger partial charge on any atom is 0.331 e. The van der Waals surface area contributed by atoms with Gasteiger partial charge in [0.15, 0.2) is 11.7 Å². The van der Waals surface area contributed by atoms with Crippen LogP contribution in [0, 0.1) is 23.2 Å². The number of ketones is 1. The minimum Gasteiger partial charge on any atom is -0.478 e. The number of hydrogen-bond donors (Lipinski definition) is 15. The molecule has 18 heteroatoms. The van der Waals surface area contributed by atoms with Crippen LogP contribution in [0.3, 0.4) is 0 Å². The number of Topliss-reactive ketones (excluding diaryl/α,β-unsaturated/α-hetero) is 1. The number of hydrogen-bond acceptors (Lipinski definition) is 15. The first-order valence-corrected chi connectivity index (χ1v) is 29.3. The van der Waals surface area contributed by atoms with Crippen molar-refractivity contribution in [3.8, 4) is 0 Å². The third kappa shape index (κ3) is 43.2. The second kappa shape index (κ2) is 46.8. The van der Waals surface area contributed by atoms with E-state index in [1.165, 1.54) is 56.4 Å². The lowest BCUT2D eigenvalue weighted by molar-refractivity contribution is -0.134. The van der Waals surface area contributed by atoms with Crippen molar-refractivity contribution < 1.29 is 76.0 Å². The second-order valence-corrected chi connectivity index (χ2v) is 22.7. The van der Waals surface area contributed by atoms with E-state index in [2.05, 4.69) is 31.1 Å². The molecule has 0 aliphatic heterocycles. The minimum atomic E-state index is -1.57. The van der Waals surface area contributed by atoms with Gasteiger partial charge in [-0.3, -0.25) is 9.79 Å². The fourth-order valence-electron chi connectivity index (χ4n) is 7.87. The number of nitrogens with one attached hydrogen (secondary N) is 1. The molecule has 0 spiro atoms. The van der Waals surface area contributed by atoms with Crippen molar-refractivity contribution in [3.05, 3.63) is 157 Å². The largest absolute Gasteiger partial charge is 0.478 e. The topological polar surface area (TPSA) is 348 Å². The summed E-state index contributed by atoms with van der Waals surface area (Å²) in [6.07, 6.45) is 32.2. The van der Waals surface area contributed by atoms with Crippen molar-refractivity contribution in [2.24, 2.45) is 33.9 Å². The third-order valence-electron chi connectivity index (χ3n) is 13.1. The first-order chi connectivity index (χ1) is 39.6. The van der Waals surface area contributed by atoms with Gasteiger partial charge in [-0.2, -0.15) is 0 Å². The Morgan fingerprint density at radius 1 is 0.524 bits per heavy atom. The number of aliphatic hydroxyl groups excluding tert-OH is 12. The van der Waals surface area contributed by atoms with Crippen molar-refractivity contribution in [2.75, 3.05) is 13.1 Å². The molecule has 15 atom stereocenters. The zero-order valence-corrected chi connectivity index (χ0v) is 50.6. The predicted octanol–water partition coefficient (Wildman–Crippen LogP) is 6.13. The highest BCUT2D eigenvalue weighted by atomic mass is 16.4. The molecule has 0 saturated carbocycles. The Morgan fingerprint density at radius 3 is 1.50 bits per heavy atom. The Balaban J connectivity index is 4.55. The molecule has 0 heterocycles. The fraction of sp³-hybridized carbons (Fsp3) is 0.561.